The van der Waals surface area contributed by atoms with Crippen LogP contribution in [0, 0.1) is 0 Å². The smallest absolute Gasteiger partial charge is 0.266 e. The van der Waals surface area contributed by atoms with E-state index >= 15 is 0 Å². The number of hydrogen-bond acceptors (Lipinski definition) is 5. The van der Waals surface area contributed by atoms with Gasteiger partial charge in [-0.2, -0.15) is 0 Å². The van der Waals surface area contributed by atoms with Crippen molar-refractivity contribution in [2.24, 2.45) is 0 Å². The van der Waals surface area contributed by atoms with E-state index in [1.807, 2.05) is 6.07 Å². The van der Waals surface area contributed by atoms with E-state index in [1.54, 1.807) is 24.4 Å². The Labute approximate surface area is 150 Å². The summed E-state index contributed by atoms with van der Waals surface area (Å²) in [4.78, 5) is 32.8. The van der Waals surface area contributed by atoms with Crippen molar-refractivity contribution in [3.63, 3.8) is 0 Å². The number of pyridine rings is 1. The minimum absolute atomic E-state index is 0.141. The van der Waals surface area contributed by atoms with Crippen molar-refractivity contribution < 1.29 is 4.79 Å². The highest BCUT2D eigenvalue weighted by molar-refractivity contribution is 7.20. The van der Waals surface area contributed by atoms with Crippen molar-refractivity contribution in [1.82, 2.24) is 19.6 Å². The van der Waals surface area contributed by atoms with Crippen molar-refractivity contribution in [2.75, 3.05) is 26.2 Å². The largest absolute Gasteiger partial charge is 0.351 e. The number of hydrogen-bond donors (Lipinski definition) is 1. The summed E-state index contributed by atoms with van der Waals surface area (Å²) in [6.45, 7) is 7.89. The lowest BCUT2D eigenvalue weighted by Gasteiger charge is -2.17. The Hall–Kier alpha value is -2.25. The molecule has 0 fully saturated rings. The van der Waals surface area contributed by atoms with Crippen molar-refractivity contribution in [3.05, 3.63) is 45.7 Å². The molecule has 25 heavy (non-hydrogen) atoms. The predicted octanol–water partition coefficient (Wildman–Crippen LogP) is 2.37. The molecule has 0 aromatic carbocycles. The molecular weight excluding hydrogens is 336 g/mol. The van der Waals surface area contributed by atoms with Gasteiger partial charge in [-0.3, -0.25) is 14.0 Å². The van der Waals surface area contributed by atoms with Gasteiger partial charge in [-0.05, 0) is 44.3 Å². The molecule has 1 N–H and O–H groups in total. The second-order valence-corrected chi connectivity index (χ2v) is 6.84. The SMILES string of the molecule is CCN(CC)CCCNC(=O)c1cc2c(=O)n3ccccc3nc2s1. The fourth-order valence-electron chi connectivity index (χ4n) is 2.79. The molecular formula is C18H22N4O2S. The van der Waals surface area contributed by atoms with Crippen LogP contribution < -0.4 is 10.9 Å². The molecule has 0 aliphatic heterocycles. The third-order valence-corrected chi connectivity index (χ3v) is 5.30. The third kappa shape index (κ3) is 3.72. The lowest BCUT2D eigenvalue weighted by Crippen LogP contribution is -2.29. The number of thiophene rings is 1. The van der Waals surface area contributed by atoms with Crippen LogP contribution in [-0.2, 0) is 0 Å². The lowest BCUT2D eigenvalue weighted by atomic mass is 10.3. The molecule has 3 heterocycles. The van der Waals surface area contributed by atoms with Crippen LogP contribution >= 0.6 is 11.3 Å². The van der Waals surface area contributed by atoms with E-state index in [2.05, 4.69) is 29.0 Å². The van der Waals surface area contributed by atoms with E-state index in [1.165, 1.54) is 15.7 Å². The highest BCUT2D eigenvalue weighted by atomic mass is 32.1. The number of amides is 1. The van der Waals surface area contributed by atoms with Gasteiger partial charge >= 0.3 is 0 Å². The molecule has 0 atom stereocenters. The van der Waals surface area contributed by atoms with Crippen LogP contribution in [0.2, 0.25) is 0 Å². The van der Waals surface area contributed by atoms with Gasteiger partial charge in [0.15, 0.2) is 0 Å². The minimum atomic E-state index is -0.143. The topological polar surface area (TPSA) is 66.7 Å². The van der Waals surface area contributed by atoms with Gasteiger partial charge in [0.25, 0.3) is 11.5 Å². The minimum Gasteiger partial charge on any atom is -0.351 e. The van der Waals surface area contributed by atoms with Crippen molar-refractivity contribution >= 4 is 33.1 Å². The maximum atomic E-state index is 12.5. The summed E-state index contributed by atoms with van der Waals surface area (Å²) >= 11 is 1.26. The van der Waals surface area contributed by atoms with Crippen molar-refractivity contribution in [1.29, 1.82) is 0 Å². The first-order valence-electron chi connectivity index (χ1n) is 8.55. The molecule has 0 aliphatic carbocycles. The van der Waals surface area contributed by atoms with E-state index in [9.17, 15) is 9.59 Å². The van der Waals surface area contributed by atoms with Gasteiger partial charge < -0.3 is 10.2 Å². The maximum absolute atomic E-state index is 12.5. The third-order valence-electron chi connectivity index (χ3n) is 4.27. The standard InChI is InChI=1S/C18H22N4O2S/c1-3-21(4-2)10-7-9-19-16(23)14-12-13-17(25-14)20-15-8-5-6-11-22(15)18(13)24/h5-6,8,11-12H,3-4,7,9-10H2,1-2H3,(H,19,23). The Bertz CT molecular complexity index is 943. The quantitative estimate of drug-likeness (QED) is 0.659. The molecule has 3 aromatic rings. The van der Waals surface area contributed by atoms with E-state index in [0.29, 0.717) is 27.3 Å². The first kappa shape index (κ1) is 17.6. The van der Waals surface area contributed by atoms with Crippen LogP contribution in [-0.4, -0.2) is 46.4 Å². The van der Waals surface area contributed by atoms with Crippen molar-refractivity contribution in [3.8, 4) is 0 Å². The van der Waals surface area contributed by atoms with E-state index in [-0.39, 0.29) is 11.5 Å². The number of carbonyl (C=O) groups excluding carboxylic acids is 1. The second-order valence-electron chi connectivity index (χ2n) is 5.81. The van der Waals surface area contributed by atoms with Gasteiger partial charge in [-0.1, -0.05) is 19.9 Å². The molecule has 0 spiro atoms. The molecule has 3 rings (SSSR count). The second kappa shape index (κ2) is 7.76. The predicted molar refractivity (Wildman–Crippen MR) is 102 cm³/mol. The highest BCUT2D eigenvalue weighted by Crippen LogP contribution is 2.21. The zero-order chi connectivity index (χ0) is 17.8. The van der Waals surface area contributed by atoms with E-state index in [4.69, 9.17) is 0 Å². The van der Waals surface area contributed by atoms with E-state index < -0.39 is 0 Å². The van der Waals surface area contributed by atoms with Crippen LogP contribution in [0.4, 0.5) is 0 Å². The number of carbonyl (C=O) groups is 1. The van der Waals surface area contributed by atoms with Gasteiger partial charge in [-0.25, -0.2) is 4.98 Å². The number of nitrogens with zero attached hydrogens (tertiary/aromatic N) is 3. The fourth-order valence-corrected chi connectivity index (χ4v) is 3.74. The molecule has 7 heteroatoms. The zero-order valence-corrected chi connectivity index (χ0v) is 15.3. The van der Waals surface area contributed by atoms with Crippen molar-refractivity contribution in [2.45, 2.75) is 20.3 Å². The summed E-state index contributed by atoms with van der Waals surface area (Å²) in [6, 6.07) is 7.06. The normalized spacial score (nSPS) is 11.5. The summed E-state index contributed by atoms with van der Waals surface area (Å²) < 4.78 is 1.50. The summed E-state index contributed by atoms with van der Waals surface area (Å²) in [5.41, 5.74) is 0.450. The van der Waals surface area contributed by atoms with Crippen LogP contribution in [0.3, 0.4) is 0 Å². The van der Waals surface area contributed by atoms with Crippen LogP contribution in [0.1, 0.15) is 29.9 Å². The molecule has 1 amide bonds. The molecule has 0 bridgehead atoms. The summed E-state index contributed by atoms with van der Waals surface area (Å²) in [5.74, 6) is -0.143. The molecule has 0 saturated carbocycles. The molecule has 132 valence electrons. The number of rotatable bonds is 7. The number of aromatic nitrogens is 2. The highest BCUT2D eigenvalue weighted by Gasteiger charge is 2.14. The molecule has 0 saturated heterocycles. The van der Waals surface area contributed by atoms with Gasteiger partial charge in [-0.15, -0.1) is 11.3 Å². The molecule has 0 aliphatic rings. The fraction of sp³-hybridized carbons (Fsp3) is 0.389. The van der Waals surface area contributed by atoms with Crippen LogP contribution in [0.25, 0.3) is 15.9 Å². The van der Waals surface area contributed by atoms with Crippen LogP contribution in [0.15, 0.2) is 35.3 Å². The zero-order valence-electron chi connectivity index (χ0n) is 14.5. The maximum Gasteiger partial charge on any atom is 0.266 e. The molecule has 3 aromatic heterocycles. The first-order valence-corrected chi connectivity index (χ1v) is 9.37. The molecule has 6 nitrogen and oxygen atoms in total. The Morgan fingerprint density at radius 2 is 2.12 bits per heavy atom. The Morgan fingerprint density at radius 1 is 1.32 bits per heavy atom. The average molecular weight is 358 g/mol. The number of fused-ring (bicyclic) bond motifs is 2. The molecule has 0 unspecified atom stereocenters. The number of nitrogens with one attached hydrogen (secondary N) is 1. The summed E-state index contributed by atoms with van der Waals surface area (Å²) in [5, 5.41) is 3.42. The summed E-state index contributed by atoms with van der Waals surface area (Å²) in [6.07, 6.45) is 2.60. The lowest BCUT2D eigenvalue weighted by molar-refractivity contribution is 0.0956. The van der Waals surface area contributed by atoms with Gasteiger partial charge in [0, 0.05) is 12.7 Å². The average Bonchev–Trinajstić information content (AvgIpc) is 3.06. The first-order chi connectivity index (χ1) is 12.1. The van der Waals surface area contributed by atoms with Crippen LogP contribution in [0.5, 0.6) is 0 Å². The monoisotopic (exact) mass is 358 g/mol. The van der Waals surface area contributed by atoms with Gasteiger partial charge in [0.05, 0.1) is 10.3 Å². The Balaban J connectivity index is 1.73. The Kier molecular flexibility index (Phi) is 5.45. The van der Waals surface area contributed by atoms with Gasteiger partial charge in [0.2, 0.25) is 0 Å². The molecule has 0 radical (unpaired) electrons. The van der Waals surface area contributed by atoms with E-state index in [0.717, 1.165) is 26.1 Å². The Morgan fingerprint density at radius 3 is 2.88 bits per heavy atom. The van der Waals surface area contributed by atoms with Gasteiger partial charge in [0.1, 0.15) is 10.5 Å². The summed E-state index contributed by atoms with van der Waals surface area (Å²) in [7, 11) is 0.